The predicted octanol–water partition coefficient (Wildman–Crippen LogP) is -2.05. The summed E-state index contributed by atoms with van der Waals surface area (Å²) in [6, 6.07) is 6.26. The van der Waals surface area contributed by atoms with Crippen LogP contribution in [0.2, 0.25) is 0 Å². The highest BCUT2D eigenvalue weighted by Gasteiger charge is 2.34. The van der Waals surface area contributed by atoms with Gasteiger partial charge in [0.15, 0.2) is 5.96 Å². The third-order valence-corrected chi connectivity index (χ3v) is 9.19. The molecule has 21 nitrogen and oxygen atoms in total. The summed E-state index contributed by atoms with van der Waals surface area (Å²) in [6.07, 6.45) is 2.17. The highest BCUT2D eigenvalue weighted by Crippen LogP contribution is 2.14. The van der Waals surface area contributed by atoms with Gasteiger partial charge in [-0.1, -0.05) is 56.3 Å². The second kappa shape index (κ2) is 24.1. The number of aliphatic carboxylic acids is 1. The Morgan fingerprint density at radius 3 is 1.77 bits per heavy atom. The number of H-pyrrole nitrogens is 1. The van der Waals surface area contributed by atoms with Crippen LogP contribution in [0.4, 0.5) is 0 Å². The monoisotopic (exact) mass is 848 g/mol. The van der Waals surface area contributed by atoms with E-state index < -0.39 is 84.1 Å². The van der Waals surface area contributed by atoms with E-state index in [0.717, 1.165) is 0 Å². The first-order valence-electron chi connectivity index (χ1n) is 19.5. The summed E-state index contributed by atoms with van der Waals surface area (Å²) in [6.45, 7) is 3.58. The Morgan fingerprint density at radius 2 is 1.23 bits per heavy atom. The zero-order chi connectivity index (χ0) is 45.1. The van der Waals surface area contributed by atoms with Crippen molar-refractivity contribution < 1.29 is 43.8 Å². The number of rotatable bonds is 25. The van der Waals surface area contributed by atoms with Gasteiger partial charge in [0.2, 0.25) is 35.4 Å². The molecular formula is C40H56N12O9. The third kappa shape index (κ3) is 17.4. The number of aromatic amines is 1. The largest absolute Gasteiger partial charge is 0.508 e. The summed E-state index contributed by atoms with van der Waals surface area (Å²) in [7, 11) is 0. The number of carbonyl (C=O) groups is 7. The van der Waals surface area contributed by atoms with E-state index in [4.69, 9.17) is 22.9 Å². The Labute approximate surface area is 352 Å². The van der Waals surface area contributed by atoms with Gasteiger partial charge in [0, 0.05) is 37.7 Å². The number of nitrogens with zero attached hydrogens (tertiary/aromatic N) is 2. The lowest BCUT2D eigenvalue weighted by Gasteiger charge is -2.27. The molecule has 3 rings (SSSR count). The molecule has 0 unspecified atom stereocenters. The van der Waals surface area contributed by atoms with Crippen molar-refractivity contribution in [3.8, 4) is 5.75 Å². The van der Waals surface area contributed by atoms with E-state index in [0.29, 0.717) is 16.8 Å². The average molecular weight is 849 g/mol. The normalized spacial score (nSPS) is 13.9. The molecule has 61 heavy (non-hydrogen) atoms. The van der Waals surface area contributed by atoms with Gasteiger partial charge in [-0.15, -0.1) is 0 Å². The fourth-order valence-electron chi connectivity index (χ4n) is 6.11. The van der Waals surface area contributed by atoms with Crippen LogP contribution in [0.25, 0.3) is 0 Å². The van der Waals surface area contributed by atoms with Crippen LogP contribution in [0, 0.1) is 5.92 Å². The molecule has 1 aromatic heterocycles. The van der Waals surface area contributed by atoms with Gasteiger partial charge >= 0.3 is 5.97 Å². The quantitative estimate of drug-likeness (QED) is 0.0249. The average Bonchev–Trinajstić information content (AvgIpc) is 3.71. The summed E-state index contributed by atoms with van der Waals surface area (Å²) in [5, 5.41) is 32.3. The Hall–Kier alpha value is -7.03. The van der Waals surface area contributed by atoms with Crippen LogP contribution >= 0.6 is 0 Å². The topological polar surface area (TPSA) is 365 Å². The Balaban J connectivity index is 1.90. The lowest BCUT2D eigenvalue weighted by atomic mass is 10.0. The molecule has 330 valence electrons. The Kier molecular flexibility index (Phi) is 19.1. The number of hydrogen-bond acceptors (Lipinski definition) is 11. The lowest BCUT2D eigenvalue weighted by Crippen LogP contribution is -2.60. The Bertz CT molecular complexity index is 1960. The number of carboxylic acid groups (broad SMARTS) is 1. The van der Waals surface area contributed by atoms with Crippen LogP contribution in [-0.4, -0.2) is 110 Å². The highest BCUT2D eigenvalue weighted by molar-refractivity contribution is 5.98. The van der Waals surface area contributed by atoms with Crippen LogP contribution in [-0.2, 0) is 52.8 Å². The second-order valence-corrected chi connectivity index (χ2v) is 14.8. The number of nitrogens with one attached hydrogen (secondary N) is 6. The molecule has 0 fully saturated rings. The number of aliphatic imine (C=N–C) groups is 1. The van der Waals surface area contributed by atoms with E-state index in [-0.39, 0.29) is 62.7 Å². The molecule has 21 heteroatoms. The van der Waals surface area contributed by atoms with Crippen LogP contribution in [0.3, 0.4) is 0 Å². The first-order valence-corrected chi connectivity index (χ1v) is 19.5. The first-order chi connectivity index (χ1) is 28.9. The van der Waals surface area contributed by atoms with Crippen molar-refractivity contribution in [3.63, 3.8) is 0 Å². The van der Waals surface area contributed by atoms with Gasteiger partial charge in [0.1, 0.15) is 36.0 Å². The molecule has 0 aliphatic carbocycles. The number of primary amides is 1. The molecule has 16 N–H and O–H groups in total. The van der Waals surface area contributed by atoms with Crippen molar-refractivity contribution in [1.82, 2.24) is 36.6 Å². The maximum atomic E-state index is 14.0. The van der Waals surface area contributed by atoms with Gasteiger partial charge in [0.05, 0.1) is 18.8 Å². The van der Waals surface area contributed by atoms with Crippen LogP contribution in [0.1, 0.15) is 56.4 Å². The molecule has 0 aliphatic rings. The number of carbonyl (C=O) groups excluding carboxylic acids is 6. The fraction of sp³-hybridized carbons (Fsp3) is 0.425. The number of imidazole rings is 1. The molecule has 0 radical (unpaired) electrons. The number of benzene rings is 2. The van der Waals surface area contributed by atoms with Gasteiger partial charge in [-0.3, -0.25) is 33.8 Å². The molecule has 0 saturated heterocycles. The molecule has 6 atom stereocenters. The van der Waals surface area contributed by atoms with Gasteiger partial charge in [-0.05, 0) is 48.4 Å². The number of aromatic hydroxyl groups is 1. The number of phenols is 1. The number of guanidine groups is 1. The maximum absolute atomic E-state index is 14.0. The smallest absolute Gasteiger partial charge is 0.326 e. The van der Waals surface area contributed by atoms with E-state index in [9.17, 15) is 43.8 Å². The number of amides is 6. The van der Waals surface area contributed by atoms with Crippen LogP contribution in [0.15, 0.2) is 72.1 Å². The summed E-state index contributed by atoms with van der Waals surface area (Å²) in [4.78, 5) is 104. The van der Waals surface area contributed by atoms with E-state index in [1.165, 1.54) is 36.8 Å². The van der Waals surface area contributed by atoms with Crippen molar-refractivity contribution in [3.05, 3.63) is 83.9 Å². The minimum atomic E-state index is -1.66. The molecule has 0 saturated carbocycles. The fourth-order valence-corrected chi connectivity index (χ4v) is 6.11. The minimum absolute atomic E-state index is 0.0275. The molecule has 0 spiro atoms. The van der Waals surface area contributed by atoms with E-state index in [1.54, 1.807) is 44.2 Å². The highest BCUT2D eigenvalue weighted by atomic mass is 16.4. The molecular weight excluding hydrogens is 793 g/mol. The number of hydrogen-bond donors (Lipinski definition) is 12. The van der Waals surface area contributed by atoms with Crippen LogP contribution in [0.5, 0.6) is 5.75 Å². The molecule has 0 bridgehead atoms. The third-order valence-electron chi connectivity index (χ3n) is 9.19. The maximum Gasteiger partial charge on any atom is 0.326 e. The van der Waals surface area contributed by atoms with Gasteiger partial charge in [0.25, 0.3) is 0 Å². The molecule has 1 heterocycles. The minimum Gasteiger partial charge on any atom is -0.508 e. The number of phenolic OH excluding ortho intramolecular Hbond substituents is 1. The standard InChI is InChI=1S/C40H56N12O9/c1-22(2)15-32(39(60)61)52-37(58)30(17-24-10-12-26(53)13-11-24)50-35(56)28(9-6-14-46-40(43)44)48-38(59)31(19-33(42)54)51-36(57)29(16-23-7-4-3-5-8-23)49-34(55)27(41)18-25-20-45-21-47-25/h3-5,7-8,10-13,20-22,27-32,53H,6,9,14-19,41H2,1-2H3,(H2,42,54)(H,45,47)(H,48,59)(H,49,55)(H,50,56)(H,51,57)(H,52,58)(H,60,61)(H4,43,44,46)/t27-,28-,29-,30-,31-,32-/m0/s1. The van der Waals surface area contributed by atoms with Crippen molar-refractivity contribution in [2.45, 2.75) is 95.0 Å². The number of carboxylic acids is 1. The van der Waals surface area contributed by atoms with Crippen molar-refractivity contribution in [1.29, 1.82) is 0 Å². The van der Waals surface area contributed by atoms with E-state index in [2.05, 4.69) is 41.5 Å². The van der Waals surface area contributed by atoms with E-state index in [1.807, 2.05) is 0 Å². The summed E-state index contributed by atoms with van der Waals surface area (Å²) in [5.74, 6) is -6.98. The van der Waals surface area contributed by atoms with Gasteiger partial charge in [-0.25, -0.2) is 9.78 Å². The zero-order valence-corrected chi connectivity index (χ0v) is 34.0. The summed E-state index contributed by atoms with van der Waals surface area (Å²) < 4.78 is 0. The van der Waals surface area contributed by atoms with Crippen molar-refractivity contribution >= 4 is 47.4 Å². The summed E-state index contributed by atoms with van der Waals surface area (Å²) in [5.41, 5.74) is 24.3. The summed E-state index contributed by atoms with van der Waals surface area (Å²) >= 11 is 0. The number of nitrogens with two attached hydrogens (primary N) is 4. The lowest BCUT2D eigenvalue weighted by molar-refractivity contribution is -0.142. The van der Waals surface area contributed by atoms with Gasteiger partial charge < -0.3 is 64.7 Å². The molecule has 3 aromatic rings. The molecule has 2 aromatic carbocycles. The molecule has 6 amide bonds. The second-order valence-electron chi connectivity index (χ2n) is 14.8. The first kappa shape index (κ1) is 48.3. The number of aromatic nitrogens is 2. The van der Waals surface area contributed by atoms with E-state index >= 15 is 0 Å². The van der Waals surface area contributed by atoms with Crippen molar-refractivity contribution in [2.75, 3.05) is 6.54 Å². The molecule has 0 aliphatic heterocycles. The van der Waals surface area contributed by atoms with Crippen molar-refractivity contribution in [2.24, 2.45) is 33.8 Å². The SMILES string of the molecule is CC(C)C[C@H](NC(=O)[C@H](Cc1ccc(O)cc1)NC(=O)[C@H](CCCN=C(N)N)NC(=O)[C@H](CC(N)=O)NC(=O)[C@H](Cc1ccccc1)NC(=O)[C@@H](N)Cc1cnc[nH]1)C(=O)O. The van der Waals surface area contributed by atoms with Gasteiger partial charge in [-0.2, -0.15) is 0 Å². The zero-order valence-electron chi connectivity index (χ0n) is 34.0. The predicted molar refractivity (Wildman–Crippen MR) is 223 cm³/mol. The Morgan fingerprint density at radius 1 is 0.705 bits per heavy atom. The van der Waals surface area contributed by atoms with Crippen LogP contribution < -0.4 is 49.5 Å².